The minimum absolute atomic E-state index is 0.149. The van der Waals surface area contributed by atoms with Gasteiger partial charge in [-0.25, -0.2) is 0 Å². The molecule has 1 aromatic carbocycles. The second-order valence-corrected chi connectivity index (χ2v) is 4.31. The highest BCUT2D eigenvalue weighted by molar-refractivity contribution is 5.92. The normalized spacial score (nSPS) is 12.8. The number of hydrogen-bond acceptors (Lipinski definition) is 3. The first kappa shape index (κ1) is 16.3. The lowest BCUT2D eigenvalue weighted by Gasteiger charge is -2.12. The molecule has 0 aromatic heterocycles. The van der Waals surface area contributed by atoms with Gasteiger partial charge in [-0.05, 0) is 37.6 Å². The van der Waals surface area contributed by atoms with Crippen molar-refractivity contribution in [1.29, 1.82) is 0 Å². The number of alkyl halides is 3. The molecular formula is C13H17F3N2O2. The number of halogens is 3. The average molecular weight is 290 g/mol. The first-order chi connectivity index (χ1) is 9.30. The third-order valence-electron chi connectivity index (χ3n) is 2.60. The molecule has 1 aromatic rings. The maximum Gasteiger partial charge on any atom is 0.573 e. The van der Waals surface area contributed by atoms with Crippen LogP contribution in [0.2, 0.25) is 0 Å². The lowest BCUT2D eigenvalue weighted by atomic mass is 10.2. The number of carbonyl (C=O) groups excluding carboxylic acids is 1. The van der Waals surface area contributed by atoms with E-state index in [-0.39, 0.29) is 24.2 Å². The minimum atomic E-state index is -4.72. The fraction of sp³-hybridized carbons (Fsp3) is 0.462. The largest absolute Gasteiger partial charge is 0.573 e. The van der Waals surface area contributed by atoms with E-state index in [1.54, 1.807) is 0 Å². The molecule has 0 fully saturated rings. The van der Waals surface area contributed by atoms with E-state index in [0.29, 0.717) is 5.69 Å². The van der Waals surface area contributed by atoms with Gasteiger partial charge in [0.2, 0.25) is 5.91 Å². The summed E-state index contributed by atoms with van der Waals surface area (Å²) in [6.07, 6.45) is -3.82. The Balaban J connectivity index is 2.47. The van der Waals surface area contributed by atoms with Crippen molar-refractivity contribution in [2.45, 2.75) is 32.7 Å². The lowest BCUT2D eigenvalue weighted by molar-refractivity contribution is -0.274. The van der Waals surface area contributed by atoms with Crippen LogP contribution >= 0.6 is 0 Å². The number of rotatable bonds is 6. The van der Waals surface area contributed by atoms with E-state index in [0.717, 1.165) is 18.6 Å². The van der Waals surface area contributed by atoms with E-state index in [2.05, 4.69) is 15.4 Å². The second kappa shape index (κ2) is 7.14. The molecule has 2 N–H and O–H groups in total. The molecule has 0 heterocycles. The highest BCUT2D eigenvalue weighted by Gasteiger charge is 2.30. The van der Waals surface area contributed by atoms with E-state index in [1.807, 2.05) is 13.8 Å². The number of nitrogens with one attached hydrogen (secondary N) is 2. The summed E-state index contributed by atoms with van der Waals surface area (Å²) in [4.78, 5) is 11.6. The summed E-state index contributed by atoms with van der Waals surface area (Å²) in [5.41, 5.74) is 0.412. The van der Waals surface area contributed by atoms with Crippen molar-refractivity contribution in [1.82, 2.24) is 5.32 Å². The standard InChI is InChI=1S/C13H17F3N2O2/c1-3-9(2)17-8-12(19)18-10-4-6-11(7-5-10)20-13(14,15)16/h4-7,9,17H,3,8H2,1-2H3,(H,18,19). The fourth-order valence-electron chi connectivity index (χ4n) is 1.36. The van der Waals surface area contributed by atoms with E-state index in [1.165, 1.54) is 12.1 Å². The van der Waals surface area contributed by atoms with Gasteiger partial charge in [0.15, 0.2) is 0 Å². The van der Waals surface area contributed by atoms with Crippen LogP contribution in [0.3, 0.4) is 0 Å². The first-order valence-electron chi connectivity index (χ1n) is 6.19. The molecule has 1 atom stereocenters. The van der Waals surface area contributed by atoms with Gasteiger partial charge in [0, 0.05) is 11.7 Å². The van der Waals surface area contributed by atoms with Crippen LogP contribution in [0.5, 0.6) is 5.75 Å². The minimum Gasteiger partial charge on any atom is -0.406 e. The van der Waals surface area contributed by atoms with Gasteiger partial charge in [-0.15, -0.1) is 13.2 Å². The van der Waals surface area contributed by atoms with Gasteiger partial charge in [0.05, 0.1) is 6.54 Å². The Morgan fingerprint density at radius 1 is 1.30 bits per heavy atom. The van der Waals surface area contributed by atoms with Crippen molar-refractivity contribution in [3.8, 4) is 5.75 Å². The van der Waals surface area contributed by atoms with Crippen LogP contribution in [0, 0.1) is 0 Å². The van der Waals surface area contributed by atoms with Crippen LogP contribution in [-0.2, 0) is 4.79 Å². The topological polar surface area (TPSA) is 50.4 Å². The molecule has 1 unspecified atom stereocenters. The molecule has 0 aliphatic heterocycles. The molecule has 0 radical (unpaired) electrons. The fourth-order valence-corrected chi connectivity index (χ4v) is 1.36. The summed E-state index contributed by atoms with van der Waals surface area (Å²) < 4.78 is 39.6. The van der Waals surface area contributed by atoms with E-state index >= 15 is 0 Å². The Bertz CT molecular complexity index is 432. The smallest absolute Gasteiger partial charge is 0.406 e. The Kier molecular flexibility index (Phi) is 5.82. The summed E-state index contributed by atoms with van der Waals surface area (Å²) >= 11 is 0. The van der Waals surface area contributed by atoms with Gasteiger partial charge in [0.25, 0.3) is 0 Å². The Hall–Kier alpha value is -1.76. The molecule has 7 heteroatoms. The van der Waals surface area contributed by atoms with Crippen molar-refractivity contribution in [3.05, 3.63) is 24.3 Å². The van der Waals surface area contributed by atoms with E-state index < -0.39 is 6.36 Å². The first-order valence-corrected chi connectivity index (χ1v) is 6.19. The van der Waals surface area contributed by atoms with Crippen LogP contribution in [0.4, 0.5) is 18.9 Å². The molecule has 0 bridgehead atoms. The van der Waals surface area contributed by atoms with Gasteiger partial charge < -0.3 is 15.4 Å². The van der Waals surface area contributed by atoms with Crippen molar-refractivity contribution >= 4 is 11.6 Å². The molecule has 0 spiro atoms. The highest BCUT2D eigenvalue weighted by atomic mass is 19.4. The number of benzene rings is 1. The zero-order valence-electron chi connectivity index (χ0n) is 11.3. The van der Waals surface area contributed by atoms with Crippen LogP contribution in [-0.4, -0.2) is 24.9 Å². The lowest BCUT2D eigenvalue weighted by Crippen LogP contribution is -2.33. The predicted octanol–water partition coefficient (Wildman–Crippen LogP) is 2.91. The van der Waals surface area contributed by atoms with E-state index in [9.17, 15) is 18.0 Å². The zero-order chi connectivity index (χ0) is 15.2. The van der Waals surface area contributed by atoms with Gasteiger partial charge in [0.1, 0.15) is 5.75 Å². The molecule has 0 saturated heterocycles. The number of amides is 1. The van der Waals surface area contributed by atoms with Gasteiger partial charge in [-0.2, -0.15) is 0 Å². The molecule has 1 amide bonds. The third kappa shape index (κ3) is 6.42. The van der Waals surface area contributed by atoms with Crippen LogP contribution < -0.4 is 15.4 Å². The monoisotopic (exact) mass is 290 g/mol. The molecule has 0 saturated carbocycles. The maximum absolute atomic E-state index is 12.0. The van der Waals surface area contributed by atoms with Crippen molar-refractivity contribution in [2.24, 2.45) is 0 Å². The van der Waals surface area contributed by atoms with Crippen LogP contribution in [0.1, 0.15) is 20.3 Å². The third-order valence-corrected chi connectivity index (χ3v) is 2.60. The molecule has 112 valence electrons. The molecule has 1 rings (SSSR count). The van der Waals surface area contributed by atoms with Crippen LogP contribution in [0.15, 0.2) is 24.3 Å². The Morgan fingerprint density at radius 2 is 1.90 bits per heavy atom. The zero-order valence-corrected chi connectivity index (χ0v) is 11.3. The molecule has 0 aliphatic carbocycles. The number of ether oxygens (including phenoxy) is 1. The predicted molar refractivity (Wildman–Crippen MR) is 69.5 cm³/mol. The second-order valence-electron chi connectivity index (χ2n) is 4.31. The summed E-state index contributed by atoms with van der Waals surface area (Å²) in [6.45, 7) is 4.10. The summed E-state index contributed by atoms with van der Waals surface area (Å²) in [5.74, 6) is -0.581. The highest BCUT2D eigenvalue weighted by Crippen LogP contribution is 2.23. The SMILES string of the molecule is CCC(C)NCC(=O)Nc1ccc(OC(F)(F)F)cc1. The van der Waals surface area contributed by atoms with Gasteiger partial charge >= 0.3 is 6.36 Å². The summed E-state index contributed by atoms with van der Waals surface area (Å²) in [6, 6.07) is 5.21. The maximum atomic E-state index is 12.0. The molecule has 0 aliphatic rings. The average Bonchev–Trinajstić information content (AvgIpc) is 2.36. The van der Waals surface area contributed by atoms with Crippen LogP contribution in [0.25, 0.3) is 0 Å². The number of anilines is 1. The summed E-state index contributed by atoms with van der Waals surface area (Å²) in [5, 5.41) is 5.58. The van der Waals surface area contributed by atoms with Gasteiger partial charge in [-0.1, -0.05) is 6.92 Å². The molecular weight excluding hydrogens is 273 g/mol. The summed E-state index contributed by atoms with van der Waals surface area (Å²) in [7, 11) is 0. The molecule has 20 heavy (non-hydrogen) atoms. The van der Waals surface area contributed by atoms with Crippen molar-refractivity contribution < 1.29 is 22.7 Å². The van der Waals surface area contributed by atoms with E-state index in [4.69, 9.17) is 0 Å². The Morgan fingerprint density at radius 3 is 2.40 bits per heavy atom. The van der Waals surface area contributed by atoms with Gasteiger partial charge in [-0.3, -0.25) is 4.79 Å². The quantitative estimate of drug-likeness (QED) is 0.847. The van der Waals surface area contributed by atoms with Crippen molar-refractivity contribution in [3.63, 3.8) is 0 Å². The number of hydrogen-bond donors (Lipinski definition) is 2. The molecule has 4 nitrogen and oxygen atoms in total. The Labute approximate surface area is 115 Å². The number of carbonyl (C=O) groups is 1. The van der Waals surface area contributed by atoms with Crippen molar-refractivity contribution in [2.75, 3.05) is 11.9 Å².